The average Bonchev–Trinajstić information content (AvgIpc) is 3.40. The lowest BCUT2D eigenvalue weighted by atomic mass is 9.42. The second-order valence-corrected chi connectivity index (χ2v) is 16.6. The van der Waals surface area contributed by atoms with Crippen molar-refractivity contribution in [1.82, 2.24) is 0 Å². The molecule has 10 heteroatoms. The summed E-state index contributed by atoms with van der Waals surface area (Å²) in [7, 11) is 1.43. The number of fused-ring (bicyclic) bond motifs is 5. The normalized spacial score (nSPS) is 46.5. The minimum Gasteiger partial charge on any atom is -0.469 e. The predicted molar refractivity (Wildman–Crippen MR) is 170 cm³/mol. The molecule has 0 aromatic carbocycles. The Morgan fingerprint density at radius 1 is 0.830 bits per heavy atom. The van der Waals surface area contributed by atoms with Gasteiger partial charge in [0.25, 0.3) is 0 Å². The SMILES string of the molecule is CCC1CCC2(CC1)OOC1(CC[C@@]3(C)[C@H](C[C@@H](OC(C)=O)[C@@H]4[C@@H]3C[C@H](OC(C)=O)[C@]3(C)[C@@H]([C@H](C)CCC(=O)OC)CC[C@@H]43)C1)OO2. The molecule has 1 saturated heterocycles. The number of hydrogen-bond donors (Lipinski definition) is 0. The third-order valence-corrected chi connectivity index (χ3v) is 14.3. The molecule has 5 aliphatic carbocycles. The molecule has 10 nitrogen and oxygen atoms in total. The molecular formula is C37H58O10. The predicted octanol–water partition coefficient (Wildman–Crippen LogP) is 7.22. The highest BCUT2D eigenvalue weighted by Crippen LogP contribution is 2.70. The minimum absolute atomic E-state index is 0.109. The summed E-state index contributed by atoms with van der Waals surface area (Å²) in [5, 5.41) is 0. The van der Waals surface area contributed by atoms with Crippen LogP contribution < -0.4 is 0 Å². The Labute approximate surface area is 280 Å². The van der Waals surface area contributed by atoms with Crippen LogP contribution in [-0.4, -0.2) is 48.8 Å². The zero-order chi connectivity index (χ0) is 33.8. The van der Waals surface area contributed by atoms with Gasteiger partial charge in [-0.15, -0.1) is 0 Å². The number of carbonyl (C=O) groups excluding carboxylic acids is 3. The Balaban J connectivity index is 1.25. The molecule has 1 heterocycles. The van der Waals surface area contributed by atoms with Crippen molar-refractivity contribution in [2.75, 3.05) is 7.11 Å². The van der Waals surface area contributed by atoms with E-state index in [1.165, 1.54) is 21.0 Å². The highest BCUT2D eigenvalue weighted by molar-refractivity contribution is 5.69. The molecular weight excluding hydrogens is 604 g/mol. The molecule has 6 aliphatic rings. The van der Waals surface area contributed by atoms with E-state index >= 15 is 0 Å². The Morgan fingerprint density at radius 2 is 1.49 bits per heavy atom. The lowest BCUT2D eigenvalue weighted by Gasteiger charge is -2.65. The van der Waals surface area contributed by atoms with Crippen molar-refractivity contribution in [2.45, 2.75) is 155 Å². The average molecular weight is 663 g/mol. The molecule has 0 N–H and O–H groups in total. The van der Waals surface area contributed by atoms with Crippen LogP contribution in [0.1, 0.15) is 131 Å². The topological polar surface area (TPSA) is 116 Å². The van der Waals surface area contributed by atoms with Crippen molar-refractivity contribution < 1.29 is 48.1 Å². The first kappa shape index (κ1) is 35.1. The van der Waals surface area contributed by atoms with Crippen LogP contribution in [-0.2, 0) is 48.1 Å². The third-order valence-electron chi connectivity index (χ3n) is 14.3. The van der Waals surface area contributed by atoms with Gasteiger partial charge < -0.3 is 14.2 Å². The number of esters is 3. The molecule has 0 unspecified atom stereocenters. The Hall–Kier alpha value is -1.75. The fourth-order valence-electron chi connectivity index (χ4n) is 11.6. The van der Waals surface area contributed by atoms with Crippen molar-refractivity contribution in [3.63, 3.8) is 0 Å². The van der Waals surface area contributed by atoms with E-state index in [-0.39, 0.29) is 76.5 Å². The number of rotatable bonds is 7. The van der Waals surface area contributed by atoms with E-state index in [2.05, 4.69) is 27.7 Å². The molecule has 0 bridgehead atoms. The fourth-order valence-corrected chi connectivity index (χ4v) is 11.6. The van der Waals surface area contributed by atoms with Crippen molar-refractivity contribution in [3.8, 4) is 0 Å². The third kappa shape index (κ3) is 6.27. The largest absolute Gasteiger partial charge is 0.469 e. The summed E-state index contributed by atoms with van der Waals surface area (Å²) in [5.41, 5.74) is -0.413. The van der Waals surface area contributed by atoms with Crippen LogP contribution in [0.15, 0.2) is 0 Å². The number of methoxy groups -OCH3 is 1. The van der Waals surface area contributed by atoms with Crippen LogP contribution in [0.4, 0.5) is 0 Å². The zero-order valence-electron chi connectivity index (χ0n) is 29.7. The van der Waals surface area contributed by atoms with Gasteiger partial charge in [-0.1, -0.05) is 34.1 Å². The first-order valence-electron chi connectivity index (χ1n) is 18.4. The van der Waals surface area contributed by atoms with Crippen LogP contribution in [0.25, 0.3) is 0 Å². The van der Waals surface area contributed by atoms with Gasteiger partial charge in [0.2, 0.25) is 11.6 Å². The molecule has 0 amide bonds. The van der Waals surface area contributed by atoms with Crippen molar-refractivity contribution in [3.05, 3.63) is 0 Å². The molecule has 6 rings (SSSR count). The maximum atomic E-state index is 12.7. The van der Waals surface area contributed by atoms with Crippen LogP contribution in [0, 0.1) is 52.3 Å². The maximum Gasteiger partial charge on any atom is 0.305 e. The molecule has 266 valence electrons. The first-order valence-corrected chi connectivity index (χ1v) is 18.4. The van der Waals surface area contributed by atoms with Gasteiger partial charge in [-0.3, -0.25) is 14.4 Å². The van der Waals surface area contributed by atoms with E-state index in [4.69, 9.17) is 33.8 Å². The number of ether oxygens (including phenoxy) is 3. The smallest absolute Gasteiger partial charge is 0.305 e. The second-order valence-electron chi connectivity index (χ2n) is 16.6. The summed E-state index contributed by atoms with van der Waals surface area (Å²) >= 11 is 0. The quantitative estimate of drug-likeness (QED) is 0.157. The highest BCUT2D eigenvalue weighted by atomic mass is 17.4. The molecule has 6 fully saturated rings. The summed E-state index contributed by atoms with van der Waals surface area (Å²) in [4.78, 5) is 61.9. The van der Waals surface area contributed by atoms with Gasteiger partial charge in [0, 0.05) is 57.3 Å². The summed E-state index contributed by atoms with van der Waals surface area (Å²) < 4.78 is 17.5. The van der Waals surface area contributed by atoms with Gasteiger partial charge >= 0.3 is 17.9 Å². The number of carbonyl (C=O) groups is 3. The minimum atomic E-state index is -1.00. The van der Waals surface area contributed by atoms with E-state index < -0.39 is 11.6 Å². The van der Waals surface area contributed by atoms with E-state index in [0.717, 1.165) is 57.8 Å². The van der Waals surface area contributed by atoms with Gasteiger partial charge in [0.05, 0.1) is 7.11 Å². The fraction of sp³-hybridized carbons (Fsp3) is 0.919. The van der Waals surface area contributed by atoms with Gasteiger partial charge in [-0.2, -0.15) is 19.6 Å². The Bertz CT molecular complexity index is 1170. The number of hydrogen-bond acceptors (Lipinski definition) is 10. The van der Waals surface area contributed by atoms with Gasteiger partial charge in [0.15, 0.2) is 0 Å². The summed E-state index contributed by atoms with van der Waals surface area (Å²) in [5.74, 6) is -0.743. The van der Waals surface area contributed by atoms with E-state index in [1.807, 2.05) is 0 Å². The first-order chi connectivity index (χ1) is 22.3. The van der Waals surface area contributed by atoms with Crippen molar-refractivity contribution in [1.29, 1.82) is 0 Å². The molecule has 5 saturated carbocycles. The van der Waals surface area contributed by atoms with Crippen LogP contribution in [0.3, 0.4) is 0 Å². The van der Waals surface area contributed by atoms with Crippen LogP contribution in [0.2, 0.25) is 0 Å². The summed E-state index contributed by atoms with van der Waals surface area (Å²) in [6.45, 7) is 12.1. The van der Waals surface area contributed by atoms with Crippen LogP contribution in [0.5, 0.6) is 0 Å². The Morgan fingerprint density at radius 3 is 2.11 bits per heavy atom. The summed E-state index contributed by atoms with van der Waals surface area (Å²) in [6.07, 6.45) is 10.7. The van der Waals surface area contributed by atoms with E-state index in [1.54, 1.807) is 0 Å². The molecule has 47 heavy (non-hydrogen) atoms. The lowest BCUT2D eigenvalue weighted by molar-refractivity contribution is -0.665. The zero-order valence-corrected chi connectivity index (χ0v) is 29.7. The molecule has 2 spiro atoms. The standard InChI is InChI=1S/C37H58O10/c1-8-25-13-15-36(16-14-25)44-46-37(47-45-36)18-17-34(5)26(21-37)19-30(42-23(3)38)33-28-11-10-27(22(2)9-12-32(40)41-7)35(28,6)31(20-29(33)34)43-24(4)39/h22,25-31,33H,8-21H2,1-7H3/t22-,25?,26-,27-,28+,29+,30-,31+,33+,34+,35-,36?,37?/m1/s1. The maximum absolute atomic E-state index is 12.7. The molecule has 0 aromatic rings. The van der Waals surface area contributed by atoms with Crippen molar-refractivity contribution in [2.24, 2.45) is 52.3 Å². The van der Waals surface area contributed by atoms with E-state index in [9.17, 15) is 14.4 Å². The lowest BCUT2D eigenvalue weighted by Crippen LogP contribution is -2.65. The molecule has 1 aliphatic heterocycles. The monoisotopic (exact) mass is 662 g/mol. The molecule has 0 radical (unpaired) electrons. The van der Waals surface area contributed by atoms with Crippen molar-refractivity contribution >= 4 is 17.9 Å². The highest BCUT2D eigenvalue weighted by Gasteiger charge is 2.69. The van der Waals surface area contributed by atoms with Gasteiger partial charge in [-0.05, 0) is 92.3 Å². The second kappa shape index (κ2) is 13.2. The Kier molecular flexibility index (Phi) is 9.84. The van der Waals surface area contributed by atoms with Gasteiger partial charge in [0.1, 0.15) is 12.2 Å². The van der Waals surface area contributed by atoms with E-state index in [0.29, 0.717) is 38.0 Å². The molecule has 10 atom stereocenters. The summed E-state index contributed by atoms with van der Waals surface area (Å²) in [6, 6.07) is 0. The van der Waals surface area contributed by atoms with Crippen LogP contribution >= 0.6 is 0 Å². The molecule has 0 aromatic heterocycles. The van der Waals surface area contributed by atoms with Gasteiger partial charge in [-0.25, -0.2) is 0 Å².